The lowest BCUT2D eigenvalue weighted by Gasteiger charge is -2.22. The maximum Gasteiger partial charge on any atom is 0.278 e. The molecule has 33 heavy (non-hydrogen) atoms. The van der Waals surface area contributed by atoms with Gasteiger partial charge in [-0.2, -0.15) is 0 Å². The molecule has 0 unspecified atom stereocenters. The first-order chi connectivity index (χ1) is 15.6. The highest BCUT2D eigenvalue weighted by Gasteiger charge is 2.19. The van der Waals surface area contributed by atoms with Gasteiger partial charge in [0.25, 0.3) is 5.91 Å². The molecule has 0 radical (unpaired) electrons. The molecule has 0 bridgehead atoms. The van der Waals surface area contributed by atoms with Crippen LogP contribution in [0.25, 0.3) is 0 Å². The average Bonchev–Trinajstić information content (AvgIpc) is 2.76. The van der Waals surface area contributed by atoms with Crippen LogP contribution in [0.2, 0.25) is 5.02 Å². The fraction of sp³-hybridized carbons (Fsp3) is 0.150. The molecule has 0 atom stereocenters. The summed E-state index contributed by atoms with van der Waals surface area (Å²) in [5.74, 6) is -0.468. The molecule has 174 valence electrons. The van der Waals surface area contributed by atoms with Crippen LogP contribution in [-0.2, 0) is 14.9 Å². The quantitative estimate of drug-likeness (QED) is 0.406. The molecule has 2 aromatic heterocycles. The minimum atomic E-state index is -3.60. The first kappa shape index (κ1) is 24.2. The summed E-state index contributed by atoms with van der Waals surface area (Å²) in [7, 11) is -0.939. The van der Waals surface area contributed by atoms with Crippen LogP contribution >= 0.6 is 11.6 Å². The summed E-state index contributed by atoms with van der Waals surface area (Å²) < 4.78 is 38.4. The Balaban J connectivity index is 2.04. The summed E-state index contributed by atoms with van der Waals surface area (Å²) in [6, 6.07) is 8.79. The Hall–Kier alpha value is -3.48. The summed E-state index contributed by atoms with van der Waals surface area (Å²) in [4.78, 5) is 25.3. The molecule has 1 amide bonds. The van der Waals surface area contributed by atoms with Crippen molar-refractivity contribution < 1.29 is 22.4 Å². The minimum Gasteiger partial charge on any atom is -0.353 e. The molecular formula is C20H20ClFN6O4S. The van der Waals surface area contributed by atoms with Crippen LogP contribution in [-0.4, -0.2) is 44.7 Å². The Morgan fingerprint density at radius 3 is 2.42 bits per heavy atom. The van der Waals surface area contributed by atoms with E-state index < -0.39 is 21.7 Å². The van der Waals surface area contributed by atoms with Crippen molar-refractivity contribution >= 4 is 56.2 Å². The van der Waals surface area contributed by atoms with Gasteiger partial charge in [0.15, 0.2) is 0 Å². The molecule has 10 nitrogen and oxygen atoms in total. The highest BCUT2D eigenvalue weighted by Crippen LogP contribution is 2.34. The molecule has 0 saturated heterocycles. The SMILES string of the molecule is CONC(=O)c1cnc(Nc2ccc(F)cn2)cc1Nc1ccc(Cl)cc1N(C)S(C)(=O)=O. The zero-order chi connectivity index (χ0) is 24.2. The molecule has 0 aliphatic carbocycles. The Morgan fingerprint density at radius 1 is 1.06 bits per heavy atom. The van der Waals surface area contributed by atoms with Crippen molar-refractivity contribution in [3.05, 3.63) is 65.2 Å². The van der Waals surface area contributed by atoms with E-state index in [2.05, 4.69) is 26.1 Å². The number of nitrogens with zero attached hydrogens (tertiary/aromatic N) is 3. The van der Waals surface area contributed by atoms with E-state index in [1.54, 1.807) is 12.1 Å². The van der Waals surface area contributed by atoms with Crippen molar-refractivity contribution in [2.45, 2.75) is 0 Å². The zero-order valence-corrected chi connectivity index (χ0v) is 19.3. The number of carbonyl (C=O) groups is 1. The predicted octanol–water partition coefficient (Wildman–Crippen LogP) is 3.44. The third-order valence-corrected chi connectivity index (χ3v) is 5.82. The maximum atomic E-state index is 13.1. The summed E-state index contributed by atoms with van der Waals surface area (Å²) in [6.45, 7) is 0. The third-order valence-electron chi connectivity index (χ3n) is 4.39. The van der Waals surface area contributed by atoms with Gasteiger partial charge in [0, 0.05) is 24.3 Å². The molecule has 3 aromatic rings. The number of halogens is 2. The van der Waals surface area contributed by atoms with E-state index in [1.165, 1.54) is 44.6 Å². The van der Waals surface area contributed by atoms with Crippen LogP contribution in [0.1, 0.15) is 10.4 Å². The van der Waals surface area contributed by atoms with Gasteiger partial charge < -0.3 is 10.6 Å². The predicted molar refractivity (Wildman–Crippen MR) is 124 cm³/mol. The molecule has 0 aliphatic rings. The number of nitrogens with one attached hydrogen (secondary N) is 3. The molecule has 3 rings (SSSR count). The number of hydrogen-bond acceptors (Lipinski definition) is 8. The van der Waals surface area contributed by atoms with Gasteiger partial charge in [-0.05, 0) is 30.3 Å². The summed E-state index contributed by atoms with van der Waals surface area (Å²) in [5, 5.41) is 6.28. The van der Waals surface area contributed by atoms with E-state index in [-0.39, 0.29) is 22.8 Å². The van der Waals surface area contributed by atoms with Gasteiger partial charge in [0.2, 0.25) is 10.0 Å². The Labute approximate surface area is 194 Å². The monoisotopic (exact) mass is 494 g/mol. The fourth-order valence-corrected chi connectivity index (χ4v) is 3.41. The molecule has 0 spiro atoms. The van der Waals surface area contributed by atoms with Gasteiger partial charge >= 0.3 is 0 Å². The zero-order valence-electron chi connectivity index (χ0n) is 17.8. The normalized spacial score (nSPS) is 11.1. The number of benzene rings is 1. The minimum absolute atomic E-state index is 0.109. The van der Waals surface area contributed by atoms with E-state index >= 15 is 0 Å². The second kappa shape index (κ2) is 9.98. The van der Waals surface area contributed by atoms with Crippen LogP contribution in [0.4, 0.5) is 33.1 Å². The highest BCUT2D eigenvalue weighted by atomic mass is 35.5. The molecule has 13 heteroatoms. The van der Waals surface area contributed by atoms with Crippen molar-refractivity contribution in [1.29, 1.82) is 0 Å². The van der Waals surface area contributed by atoms with Gasteiger partial charge in [0.05, 0.1) is 42.2 Å². The van der Waals surface area contributed by atoms with Gasteiger partial charge in [-0.3, -0.25) is 13.9 Å². The Kier molecular flexibility index (Phi) is 7.31. The smallest absolute Gasteiger partial charge is 0.278 e. The first-order valence-corrected chi connectivity index (χ1v) is 11.5. The molecule has 2 heterocycles. The number of amides is 1. The van der Waals surface area contributed by atoms with Gasteiger partial charge in [-0.1, -0.05) is 11.6 Å². The van der Waals surface area contributed by atoms with Crippen LogP contribution in [0.3, 0.4) is 0 Å². The van der Waals surface area contributed by atoms with Crippen molar-refractivity contribution in [3.8, 4) is 0 Å². The van der Waals surface area contributed by atoms with Gasteiger partial charge in [-0.15, -0.1) is 0 Å². The number of hydroxylamine groups is 1. The number of hydrogen-bond donors (Lipinski definition) is 3. The lowest BCUT2D eigenvalue weighted by Crippen LogP contribution is -2.26. The van der Waals surface area contributed by atoms with Crippen LogP contribution in [0, 0.1) is 5.82 Å². The molecule has 1 aromatic carbocycles. The van der Waals surface area contributed by atoms with Crippen molar-refractivity contribution in [3.63, 3.8) is 0 Å². The van der Waals surface area contributed by atoms with Crippen molar-refractivity contribution in [2.24, 2.45) is 0 Å². The third kappa shape index (κ3) is 6.06. The molecule has 0 fully saturated rings. The number of sulfonamides is 1. The number of anilines is 5. The van der Waals surface area contributed by atoms with E-state index in [0.29, 0.717) is 16.5 Å². The maximum absolute atomic E-state index is 13.1. The summed E-state index contributed by atoms with van der Waals surface area (Å²) in [5.41, 5.74) is 3.21. The summed E-state index contributed by atoms with van der Waals surface area (Å²) >= 11 is 6.08. The standard InChI is InChI=1S/C20H20ClFN6O4S/c1-28(33(3,30)31)17-8-12(21)4-6-15(17)25-16-9-19(24-11-14(16)20(29)27-32-2)26-18-7-5-13(22)10-23-18/h4-11H,1-3H3,(H,27,29)(H2,23,24,25,26). The van der Waals surface area contributed by atoms with Gasteiger partial charge in [0.1, 0.15) is 17.5 Å². The van der Waals surface area contributed by atoms with E-state index in [0.717, 1.165) is 16.8 Å². The fourth-order valence-electron chi connectivity index (χ4n) is 2.73. The number of carbonyl (C=O) groups excluding carboxylic acids is 1. The van der Waals surface area contributed by atoms with E-state index in [4.69, 9.17) is 16.4 Å². The van der Waals surface area contributed by atoms with E-state index in [9.17, 15) is 17.6 Å². The lowest BCUT2D eigenvalue weighted by atomic mass is 10.2. The molecule has 0 saturated carbocycles. The van der Waals surface area contributed by atoms with Crippen molar-refractivity contribution in [2.75, 3.05) is 35.4 Å². The molecular weight excluding hydrogens is 475 g/mol. The van der Waals surface area contributed by atoms with E-state index in [1.807, 2.05) is 0 Å². The number of rotatable bonds is 8. The lowest BCUT2D eigenvalue weighted by molar-refractivity contribution is 0.0538. The topological polar surface area (TPSA) is 126 Å². The summed E-state index contributed by atoms with van der Waals surface area (Å²) in [6.07, 6.45) is 3.39. The van der Waals surface area contributed by atoms with Crippen LogP contribution in [0.15, 0.2) is 48.8 Å². The Morgan fingerprint density at radius 2 is 1.79 bits per heavy atom. The number of aromatic nitrogens is 2. The van der Waals surface area contributed by atoms with Crippen LogP contribution < -0.4 is 20.4 Å². The number of pyridine rings is 2. The first-order valence-electron chi connectivity index (χ1n) is 9.31. The van der Waals surface area contributed by atoms with Crippen LogP contribution in [0.5, 0.6) is 0 Å². The average molecular weight is 495 g/mol. The Bertz CT molecular complexity index is 1270. The van der Waals surface area contributed by atoms with Crippen molar-refractivity contribution in [1.82, 2.24) is 15.4 Å². The van der Waals surface area contributed by atoms with Gasteiger partial charge in [-0.25, -0.2) is 28.3 Å². The second-order valence-electron chi connectivity index (χ2n) is 6.75. The second-order valence-corrected chi connectivity index (χ2v) is 9.20. The largest absolute Gasteiger partial charge is 0.353 e. The molecule has 0 aliphatic heterocycles. The highest BCUT2D eigenvalue weighted by molar-refractivity contribution is 7.92. The molecule has 3 N–H and O–H groups in total.